The number of aromatic nitrogens is 2. The number of nitrogens with zero attached hydrogens (tertiary/aromatic N) is 2. The minimum absolute atomic E-state index is 0.121. The first kappa shape index (κ1) is 27.5. The minimum Gasteiger partial charge on any atom is -0.460 e. The highest BCUT2D eigenvalue weighted by Crippen LogP contribution is 2.64. The summed E-state index contributed by atoms with van der Waals surface area (Å²) in [7, 11) is 0. The van der Waals surface area contributed by atoms with Crippen molar-refractivity contribution >= 4 is 21.4 Å². The lowest BCUT2D eigenvalue weighted by atomic mass is 9.62. The van der Waals surface area contributed by atoms with Crippen molar-refractivity contribution in [1.82, 2.24) is 9.97 Å². The second-order valence-corrected chi connectivity index (χ2v) is 13.9. The van der Waals surface area contributed by atoms with E-state index in [-0.39, 0.29) is 11.8 Å². The molecule has 3 unspecified atom stereocenters. The fraction of sp³-hybridized carbons (Fsp3) is 0.0909. The Morgan fingerprint density at radius 2 is 1.42 bits per heavy atom. The molecular weight excluding hydrogens is 605 g/mol. The van der Waals surface area contributed by atoms with Gasteiger partial charge in [0.05, 0.1) is 22.7 Å². The van der Waals surface area contributed by atoms with Crippen LogP contribution in [-0.4, -0.2) is 9.97 Å². The van der Waals surface area contributed by atoms with Crippen molar-refractivity contribution < 1.29 is 4.74 Å². The molecule has 3 aliphatic rings. The molecule has 7 aromatic rings. The maximum atomic E-state index is 7.12. The summed E-state index contributed by atoms with van der Waals surface area (Å²) in [6.45, 7) is 2.28. The summed E-state index contributed by atoms with van der Waals surface area (Å²) in [5.41, 5.74) is 11.0. The van der Waals surface area contributed by atoms with Gasteiger partial charge < -0.3 is 4.74 Å². The fourth-order valence-electron chi connectivity index (χ4n) is 8.31. The van der Waals surface area contributed by atoms with Crippen molar-refractivity contribution in [3.8, 4) is 39.5 Å². The van der Waals surface area contributed by atoms with Crippen LogP contribution >= 0.6 is 11.3 Å². The topological polar surface area (TPSA) is 35.0 Å². The summed E-state index contributed by atoms with van der Waals surface area (Å²) in [4.78, 5) is 10.4. The second-order valence-electron chi connectivity index (χ2n) is 12.9. The predicted molar refractivity (Wildman–Crippen MR) is 195 cm³/mol. The van der Waals surface area contributed by atoms with Gasteiger partial charge in [-0.15, -0.1) is 11.3 Å². The number of benzene rings is 5. The SMILES string of the molecule is CC1C=CC2=C(Oc3ccccc3C23c2ccccc2-c2c3ccc3sccc23)C1c1cc(-c2ccccc2)nc(-c2ccccc2)n1. The number of allylic oxidation sites excluding steroid dienone is 4. The summed E-state index contributed by atoms with van der Waals surface area (Å²) in [5, 5.41) is 3.52. The molecule has 0 saturated heterocycles. The number of fused-ring (bicyclic) bond motifs is 10. The van der Waals surface area contributed by atoms with E-state index in [9.17, 15) is 0 Å². The Labute approximate surface area is 283 Å². The van der Waals surface area contributed by atoms with Crippen LogP contribution in [0.25, 0.3) is 43.9 Å². The average Bonchev–Trinajstić information content (AvgIpc) is 3.74. The molecule has 0 saturated carbocycles. The van der Waals surface area contributed by atoms with Gasteiger partial charge in [0, 0.05) is 32.3 Å². The van der Waals surface area contributed by atoms with Crippen LogP contribution in [0.15, 0.2) is 162 Å². The van der Waals surface area contributed by atoms with Crippen LogP contribution in [0.3, 0.4) is 0 Å². The van der Waals surface area contributed by atoms with Gasteiger partial charge in [0.2, 0.25) is 0 Å². The molecule has 10 rings (SSSR count). The molecule has 4 heteroatoms. The number of thiophene rings is 1. The van der Waals surface area contributed by atoms with E-state index in [4.69, 9.17) is 14.7 Å². The van der Waals surface area contributed by atoms with Crippen LogP contribution in [0, 0.1) is 5.92 Å². The molecule has 0 amide bonds. The van der Waals surface area contributed by atoms with E-state index < -0.39 is 5.41 Å². The van der Waals surface area contributed by atoms with Crippen LogP contribution in [0.1, 0.15) is 35.2 Å². The lowest BCUT2D eigenvalue weighted by Crippen LogP contribution is -2.37. The molecule has 48 heavy (non-hydrogen) atoms. The molecule has 1 spiro atoms. The standard InChI is InChI=1S/C44H30N2OS/c1-27-20-21-35-42(40(27)37-26-36(28-12-4-2-5-13-28)45-43(46-37)29-14-6-3-7-15-29)47-38-19-11-10-18-33(38)44(35)32-17-9-8-16-30(32)41-31-24-25-48-39(31)23-22-34(41)44/h2-27,40H,1H3. The summed E-state index contributed by atoms with van der Waals surface area (Å²) < 4.78 is 8.43. The number of para-hydroxylation sites is 1. The number of ether oxygens (including phenoxy) is 1. The molecule has 0 fully saturated rings. The van der Waals surface area contributed by atoms with Gasteiger partial charge in [0.1, 0.15) is 11.5 Å². The lowest BCUT2D eigenvalue weighted by molar-refractivity contribution is 0.321. The highest BCUT2D eigenvalue weighted by Gasteiger charge is 2.54. The average molecular weight is 635 g/mol. The minimum atomic E-state index is -0.529. The maximum Gasteiger partial charge on any atom is 0.160 e. The molecule has 0 radical (unpaired) electrons. The molecule has 2 aromatic heterocycles. The van der Waals surface area contributed by atoms with Crippen molar-refractivity contribution in [2.75, 3.05) is 0 Å². The highest BCUT2D eigenvalue weighted by molar-refractivity contribution is 7.17. The molecule has 0 N–H and O–H groups in total. The largest absolute Gasteiger partial charge is 0.460 e. The van der Waals surface area contributed by atoms with Crippen LogP contribution in [-0.2, 0) is 5.41 Å². The third-order valence-corrected chi connectivity index (χ3v) is 11.2. The molecule has 3 atom stereocenters. The Kier molecular flexibility index (Phi) is 6.00. The van der Waals surface area contributed by atoms with Gasteiger partial charge in [-0.25, -0.2) is 9.97 Å². The Morgan fingerprint density at radius 1 is 0.688 bits per heavy atom. The Balaban J connectivity index is 1.27. The number of hydrogen-bond acceptors (Lipinski definition) is 4. The van der Waals surface area contributed by atoms with Gasteiger partial charge in [0.25, 0.3) is 0 Å². The van der Waals surface area contributed by atoms with Crippen molar-refractivity contribution in [1.29, 1.82) is 0 Å². The van der Waals surface area contributed by atoms with E-state index in [2.05, 4.69) is 134 Å². The summed E-state index contributed by atoms with van der Waals surface area (Å²) in [6, 6.07) is 47.5. The fourth-order valence-corrected chi connectivity index (χ4v) is 9.10. The van der Waals surface area contributed by atoms with Crippen LogP contribution < -0.4 is 4.74 Å². The van der Waals surface area contributed by atoms with Gasteiger partial charge in [-0.05, 0) is 57.8 Å². The Hall–Kier alpha value is -5.58. The molecule has 1 aliphatic heterocycles. The Bertz CT molecular complexity index is 2400. The van der Waals surface area contributed by atoms with Crippen LogP contribution in [0.5, 0.6) is 5.75 Å². The van der Waals surface area contributed by atoms with Gasteiger partial charge in [0.15, 0.2) is 5.82 Å². The third-order valence-electron chi connectivity index (χ3n) is 10.4. The molecule has 5 aromatic carbocycles. The zero-order valence-electron chi connectivity index (χ0n) is 26.3. The monoisotopic (exact) mass is 634 g/mol. The molecular formula is C44H30N2OS. The molecule has 3 nitrogen and oxygen atoms in total. The first-order valence-electron chi connectivity index (χ1n) is 16.5. The maximum absolute atomic E-state index is 7.12. The van der Waals surface area contributed by atoms with E-state index in [1.807, 2.05) is 24.3 Å². The van der Waals surface area contributed by atoms with Crippen molar-refractivity contribution in [2.24, 2.45) is 5.92 Å². The number of rotatable bonds is 3. The summed E-state index contributed by atoms with van der Waals surface area (Å²) in [5.74, 6) is 2.61. The summed E-state index contributed by atoms with van der Waals surface area (Å²) in [6.07, 6.45) is 4.70. The van der Waals surface area contributed by atoms with E-state index >= 15 is 0 Å². The molecule has 3 heterocycles. The van der Waals surface area contributed by atoms with Gasteiger partial charge in [-0.1, -0.05) is 128 Å². The predicted octanol–water partition coefficient (Wildman–Crippen LogP) is 11.0. The van der Waals surface area contributed by atoms with Crippen molar-refractivity contribution in [3.63, 3.8) is 0 Å². The third kappa shape index (κ3) is 3.81. The van der Waals surface area contributed by atoms with Gasteiger partial charge in [-0.3, -0.25) is 0 Å². The smallest absolute Gasteiger partial charge is 0.160 e. The molecule has 228 valence electrons. The highest BCUT2D eigenvalue weighted by atomic mass is 32.1. The van der Waals surface area contributed by atoms with Crippen molar-refractivity contribution in [3.05, 3.63) is 185 Å². The molecule has 2 aliphatic carbocycles. The quantitative estimate of drug-likeness (QED) is 0.194. The zero-order chi connectivity index (χ0) is 31.8. The van der Waals surface area contributed by atoms with Gasteiger partial charge in [-0.2, -0.15) is 0 Å². The van der Waals surface area contributed by atoms with Crippen molar-refractivity contribution in [2.45, 2.75) is 18.3 Å². The zero-order valence-corrected chi connectivity index (χ0v) is 27.1. The van der Waals surface area contributed by atoms with E-state index in [0.29, 0.717) is 0 Å². The first-order valence-corrected chi connectivity index (χ1v) is 17.4. The first-order chi connectivity index (χ1) is 23.7. The molecule has 0 bridgehead atoms. The van der Waals surface area contributed by atoms with Crippen LogP contribution in [0.4, 0.5) is 0 Å². The van der Waals surface area contributed by atoms with Gasteiger partial charge >= 0.3 is 0 Å². The van der Waals surface area contributed by atoms with Crippen LogP contribution in [0.2, 0.25) is 0 Å². The second kappa shape index (κ2) is 10.5. The van der Waals surface area contributed by atoms with E-state index in [1.54, 1.807) is 11.3 Å². The summed E-state index contributed by atoms with van der Waals surface area (Å²) >= 11 is 1.80. The number of hydrogen-bond donors (Lipinski definition) is 0. The normalized spacial score (nSPS) is 20.3. The Morgan fingerprint density at radius 3 is 2.25 bits per heavy atom. The van der Waals surface area contributed by atoms with E-state index in [0.717, 1.165) is 39.8 Å². The lowest BCUT2D eigenvalue weighted by Gasteiger charge is -2.44. The van der Waals surface area contributed by atoms with E-state index in [1.165, 1.54) is 43.5 Å².